The summed E-state index contributed by atoms with van der Waals surface area (Å²) in [5.41, 5.74) is -0.802. The van der Waals surface area contributed by atoms with Gasteiger partial charge in [-0.3, -0.25) is 19.7 Å². The van der Waals surface area contributed by atoms with Gasteiger partial charge in [-0.2, -0.15) is 0 Å². The summed E-state index contributed by atoms with van der Waals surface area (Å²) in [6.07, 6.45) is 4.65. The molecule has 35 heavy (non-hydrogen) atoms. The maximum Gasteiger partial charge on any atom is 0.269 e. The van der Waals surface area contributed by atoms with Crippen LogP contribution in [0.5, 0.6) is 0 Å². The number of rotatable bonds is 11. The van der Waals surface area contributed by atoms with Crippen LogP contribution in [-0.4, -0.2) is 51.5 Å². The van der Waals surface area contributed by atoms with Crippen molar-refractivity contribution in [3.05, 3.63) is 94.6 Å². The molecule has 9 nitrogen and oxygen atoms in total. The number of aliphatic hydroxyl groups excluding tert-OH is 1. The van der Waals surface area contributed by atoms with Gasteiger partial charge in [0, 0.05) is 49.7 Å². The van der Waals surface area contributed by atoms with Gasteiger partial charge in [0.1, 0.15) is 0 Å². The normalized spacial score (nSPS) is 17.9. The fraction of sp³-hybridized carbons (Fsp3) is 0.308. The zero-order valence-electron chi connectivity index (χ0n) is 19.5. The number of carbonyl (C=O) groups is 2. The molecular weight excluding hydrogens is 450 g/mol. The summed E-state index contributed by atoms with van der Waals surface area (Å²) in [5, 5.41) is 32.2. The first-order valence-corrected chi connectivity index (χ1v) is 11.3. The van der Waals surface area contributed by atoms with Crippen LogP contribution >= 0.6 is 0 Å². The molecule has 0 radical (unpaired) electrons. The minimum atomic E-state index is -2.03. The van der Waals surface area contributed by atoms with E-state index in [-0.39, 0.29) is 43.3 Å². The van der Waals surface area contributed by atoms with Gasteiger partial charge in [-0.25, -0.2) is 0 Å². The van der Waals surface area contributed by atoms with Crippen molar-refractivity contribution in [2.24, 2.45) is 5.92 Å². The van der Waals surface area contributed by atoms with Crippen molar-refractivity contribution in [2.45, 2.75) is 25.5 Å². The number of nitro benzene ring substituents is 1. The van der Waals surface area contributed by atoms with Crippen LogP contribution in [0.2, 0.25) is 0 Å². The highest BCUT2D eigenvalue weighted by molar-refractivity contribution is 6.07. The van der Waals surface area contributed by atoms with E-state index in [1.165, 1.54) is 34.1 Å². The van der Waals surface area contributed by atoms with E-state index in [9.17, 15) is 29.9 Å². The summed E-state index contributed by atoms with van der Waals surface area (Å²) in [6.45, 7) is 5.74. The molecule has 1 aliphatic rings. The van der Waals surface area contributed by atoms with Gasteiger partial charge >= 0.3 is 0 Å². The van der Waals surface area contributed by atoms with Gasteiger partial charge in [0.25, 0.3) is 11.6 Å². The lowest BCUT2D eigenvalue weighted by molar-refractivity contribution is -0.385. The monoisotopic (exact) mass is 479 g/mol. The van der Waals surface area contributed by atoms with Crippen LogP contribution in [0.1, 0.15) is 24.5 Å². The highest BCUT2D eigenvalue weighted by atomic mass is 16.6. The standard InChI is InChI=1S/C26H29N3O6/c1-3-14-28-23-13-12-21(29(34)35)17-22(23)26(33,25(28)32)19(2)8-7-11-24(31)27(15-16-30)18-20-9-5-4-6-10-20/h3-10,12-13,17,19,30,33H,1,11,14-16,18H2,2H3/b8-7+/t19-,26+/m1/s1. The smallest absolute Gasteiger partial charge is 0.269 e. The molecule has 2 aromatic carbocycles. The Morgan fingerprint density at radius 3 is 2.63 bits per heavy atom. The van der Waals surface area contributed by atoms with Crippen molar-refractivity contribution in [2.75, 3.05) is 24.6 Å². The van der Waals surface area contributed by atoms with Crippen LogP contribution in [0.15, 0.2) is 73.3 Å². The molecule has 184 valence electrons. The van der Waals surface area contributed by atoms with E-state index in [0.717, 1.165) is 5.56 Å². The number of nitrogens with zero attached hydrogens (tertiary/aromatic N) is 3. The van der Waals surface area contributed by atoms with Crippen LogP contribution < -0.4 is 4.90 Å². The topological polar surface area (TPSA) is 124 Å². The minimum Gasteiger partial charge on any atom is -0.395 e. The number of non-ortho nitro benzene ring substituents is 1. The largest absolute Gasteiger partial charge is 0.395 e. The van der Waals surface area contributed by atoms with Gasteiger partial charge in [-0.15, -0.1) is 6.58 Å². The Labute approximate surface area is 203 Å². The van der Waals surface area contributed by atoms with E-state index >= 15 is 0 Å². The van der Waals surface area contributed by atoms with Crippen LogP contribution in [0.3, 0.4) is 0 Å². The van der Waals surface area contributed by atoms with Crippen molar-refractivity contribution in [3.8, 4) is 0 Å². The van der Waals surface area contributed by atoms with Gasteiger partial charge in [0.2, 0.25) is 5.91 Å². The first kappa shape index (κ1) is 25.8. The van der Waals surface area contributed by atoms with E-state index in [2.05, 4.69) is 6.58 Å². The zero-order chi connectivity index (χ0) is 25.6. The Morgan fingerprint density at radius 1 is 1.29 bits per heavy atom. The summed E-state index contributed by atoms with van der Waals surface area (Å²) >= 11 is 0. The van der Waals surface area contributed by atoms with Gasteiger partial charge in [-0.05, 0) is 11.6 Å². The predicted octanol–water partition coefficient (Wildman–Crippen LogP) is 2.92. The van der Waals surface area contributed by atoms with Crippen molar-refractivity contribution in [3.63, 3.8) is 0 Å². The van der Waals surface area contributed by atoms with Crippen molar-refractivity contribution < 1.29 is 24.7 Å². The zero-order valence-corrected chi connectivity index (χ0v) is 19.5. The number of hydrogen-bond donors (Lipinski definition) is 2. The van der Waals surface area contributed by atoms with Crippen LogP contribution in [0.25, 0.3) is 0 Å². The van der Waals surface area contributed by atoms with E-state index in [1.54, 1.807) is 19.1 Å². The van der Waals surface area contributed by atoms with Crippen LogP contribution in [0, 0.1) is 16.0 Å². The Hall–Kier alpha value is -3.82. The van der Waals surface area contributed by atoms with E-state index in [0.29, 0.717) is 12.2 Å². The molecular formula is C26H29N3O6. The predicted molar refractivity (Wildman–Crippen MR) is 131 cm³/mol. The number of amides is 2. The van der Waals surface area contributed by atoms with Crippen molar-refractivity contribution in [1.82, 2.24) is 4.90 Å². The number of nitro groups is 1. The molecule has 0 fully saturated rings. The summed E-state index contributed by atoms with van der Waals surface area (Å²) in [7, 11) is 0. The SMILES string of the molecule is C=CCN1C(=O)[C@](O)([C@H](C)/C=C/CC(=O)N(CCO)Cc2ccccc2)c2cc([N+](=O)[O-])ccc21. The molecule has 2 amide bonds. The van der Waals surface area contributed by atoms with Gasteiger partial charge in [-0.1, -0.05) is 55.5 Å². The third kappa shape index (κ3) is 5.31. The van der Waals surface area contributed by atoms with E-state index in [1.807, 2.05) is 30.3 Å². The third-order valence-corrected chi connectivity index (χ3v) is 6.09. The second kappa shape index (κ2) is 11.1. The van der Waals surface area contributed by atoms with Crippen LogP contribution in [0.4, 0.5) is 11.4 Å². The molecule has 1 heterocycles. The molecule has 1 aliphatic heterocycles. The maximum atomic E-state index is 13.2. The fourth-order valence-corrected chi connectivity index (χ4v) is 4.22. The molecule has 0 bridgehead atoms. The average molecular weight is 480 g/mol. The molecule has 0 saturated heterocycles. The Kier molecular flexibility index (Phi) is 8.16. The molecule has 0 aromatic heterocycles. The summed E-state index contributed by atoms with van der Waals surface area (Å²) in [6, 6.07) is 13.4. The molecule has 0 aliphatic carbocycles. The van der Waals surface area contributed by atoms with Gasteiger partial charge < -0.3 is 20.0 Å². The number of aliphatic hydroxyl groups is 2. The Bertz CT molecular complexity index is 1130. The Morgan fingerprint density at radius 2 is 2.00 bits per heavy atom. The average Bonchev–Trinajstić information content (AvgIpc) is 3.06. The van der Waals surface area contributed by atoms with Gasteiger partial charge in [0.15, 0.2) is 5.60 Å². The van der Waals surface area contributed by atoms with E-state index in [4.69, 9.17) is 0 Å². The molecule has 2 atom stereocenters. The minimum absolute atomic E-state index is 0.000386. The quantitative estimate of drug-likeness (QED) is 0.290. The number of carbonyl (C=O) groups excluding carboxylic acids is 2. The molecule has 2 N–H and O–H groups in total. The highest BCUT2D eigenvalue weighted by Crippen LogP contribution is 2.46. The molecule has 2 aromatic rings. The lowest BCUT2D eigenvalue weighted by Crippen LogP contribution is -2.44. The number of hydrogen-bond acceptors (Lipinski definition) is 6. The molecule has 9 heteroatoms. The lowest BCUT2D eigenvalue weighted by atomic mass is 9.82. The first-order chi connectivity index (χ1) is 16.7. The summed E-state index contributed by atoms with van der Waals surface area (Å²) < 4.78 is 0. The van der Waals surface area contributed by atoms with Crippen molar-refractivity contribution >= 4 is 23.2 Å². The Balaban J connectivity index is 1.80. The second-order valence-electron chi connectivity index (χ2n) is 8.37. The summed E-state index contributed by atoms with van der Waals surface area (Å²) in [5.74, 6) is -1.61. The fourth-order valence-electron chi connectivity index (χ4n) is 4.22. The number of benzene rings is 2. The van der Waals surface area contributed by atoms with Crippen LogP contribution in [-0.2, 0) is 21.7 Å². The van der Waals surface area contributed by atoms with Crippen molar-refractivity contribution in [1.29, 1.82) is 0 Å². The molecule has 0 saturated carbocycles. The summed E-state index contributed by atoms with van der Waals surface area (Å²) in [4.78, 5) is 39.6. The number of anilines is 1. The molecule has 3 rings (SSSR count). The van der Waals surface area contributed by atoms with E-state index < -0.39 is 22.3 Å². The molecule has 0 spiro atoms. The second-order valence-corrected chi connectivity index (χ2v) is 8.37. The first-order valence-electron chi connectivity index (χ1n) is 11.3. The third-order valence-electron chi connectivity index (χ3n) is 6.09. The maximum absolute atomic E-state index is 13.2. The lowest BCUT2D eigenvalue weighted by Gasteiger charge is -2.27. The highest BCUT2D eigenvalue weighted by Gasteiger charge is 2.52. The van der Waals surface area contributed by atoms with Gasteiger partial charge in [0.05, 0.1) is 17.2 Å². The number of fused-ring (bicyclic) bond motifs is 1. The molecule has 0 unspecified atom stereocenters.